The van der Waals surface area contributed by atoms with Gasteiger partial charge in [0.05, 0.1) is 18.0 Å². The van der Waals surface area contributed by atoms with Gasteiger partial charge in [-0.2, -0.15) is 0 Å². The van der Waals surface area contributed by atoms with Crippen LogP contribution in [0.25, 0.3) is 0 Å². The summed E-state index contributed by atoms with van der Waals surface area (Å²) in [5.74, 6) is 0. The van der Waals surface area contributed by atoms with Crippen LogP contribution < -0.4 is 16.6 Å². The number of aliphatic hydroxyl groups is 1. The molecule has 0 heterocycles. The fourth-order valence-corrected chi connectivity index (χ4v) is 1.07. The third-order valence-electron chi connectivity index (χ3n) is 1.76. The molecule has 4 heteroatoms. The Morgan fingerprint density at radius 2 is 2.23 bits per heavy atom. The molecule has 72 valence electrons. The maximum Gasteiger partial charge on any atom is 0.0747 e. The molecule has 0 aliphatic rings. The molecule has 0 spiro atoms. The van der Waals surface area contributed by atoms with Gasteiger partial charge in [0, 0.05) is 6.54 Å². The number of nitrogens with two attached hydrogens (primary N) is 1. The van der Waals surface area contributed by atoms with Crippen molar-refractivity contribution >= 4 is 11.4 Å². The van der Waals surface area contributed by atoms with Crippen LogP contribution in [0, 0.1) is 6.92 Å². The number of aryl methyl sites for hydroxylation is 1. The van der Waals surface area contributed by atoms with Crippen molar-refractivity contribution in [2.75, 3.05) is 24.3 Å². The van der Waals surface area contributed by atoms with E-state index in [0.717, 1.165) is 11.3 Å². The van der Waals surface area contributed by atoms with E-state index < -0.39 is 0 Å². The second kappa shape index (κ2) is 4.69. The van der Waals surface area contributed by atoms with Crippen molar-refractivity contribution in [1.29, 1.82) is 0 Å². The molecule has 0 aliphatic carbocycles. The van der Waals surface area contributed by atoms with Gasteiger partial charge in [-0.05, 0) is 18.6 Å². The highest BCUT2D eigenvalue weighted by Crippen LogP contribution is 2.20. The van der Waals surface area contributed by atoms with Crippen LogP contribution in [0.5, 0.6) is 0 Å². The molecule has 0 fully saturated rings. The van der Waals surface area contributed by atoms with Gasteiger partial charge in [0.1, 0.15) is 0 Å². The SMILES string of the molecule is Cc1cccc(N)c1NNCCO. The number of anilines is 2. The van der Waals surface area contributed by atoms with Crippen LogP contribution in [-0.4, -0.2) is 18.3 Å². The molecule has 13 heavy (non-hydrogen) atoms. The van der Waals surface area contributed by atoms with E-state index in [1.807, 2.05) is 25.1 Å². The van der Waals surface area contributed by atoms with Gasteiger partial charge in [-0.25, -0.2) is 5.43 Å². The molecular formula is C9H15N3O. The molecule has 0 bridgehead atoms. The lowest BCUT2D eigenvalue weighted by atomic mass is 10.2. The number of rotatable bonds is 4. The summed E-state index contributed by atoms with van der Waals surface area (Å²) in [5.41, 5.74) is 14.2. The molecule has 1 rings (SSSR count). The average molecular weight is 181 g/mol. The number of nitrogen functional groups attached to an aromatic ring is 1. The molecule has 0 unspecified atom stereocenters. The van der Waals surface area contributed by atoms with Crippen molar-refractivity contribution in [3.8, 4) is 0 Å². The van der Waals surface area contributed by atoms with Crippen LogP contribution in [0.15, 0.2) is 18.2 Å². The van der Waals surface area contributed by atoms with Gasteiger partial charge in [-0.3, -0.25) is 0 Å². The van der Waals surface area contributed by atoms with Crippen molar-refractivity contribution in [1.82, 2.24) is 5.43 Å². The molecule has 0 saturated carbocycles. The molecule has 5 N–H and O–H groups in total. The van der Waals surface area contributed by atoms with Crippen LogP contribution in [0.3, 0.4) is 0 Å². The first-order valence-corrected chi connectivity index (χ1v) is 4.20. The molecule has 0 radical (unpaired) electrons. The zero-order valence-corrected chi connectivity index (χ0v) is 7.67. The Morgan fingerprint density at radius 1 is 1.46 bits per heavy atom. The summed E-state index contributed by atoms with van der Waals surface area (Å²) < 4.78 is 0. The molecule has 0 aromatic heterocycles. The Hall–Kier alpha value is -1.26. The van der Waals surface area contributed by atoms with E-state index in [1.165, 1.54) is 0 Å². The maximum absolute atomic E-state index is 8.55. The molecule has 4 nitrogen and oxygen atoms in total. The second-order valence-electron chi connectivity index (χ2n) is 2.81. The Labute approximate surface area is 77.7 Å². The van der Waals surface area contributed by atoms with E-state index in [-0.39, 0.29) is 6.61 Å². The first kappa shape index (κ1) is 9.83. The Balaban J connectivity index is 2.64. The molecule has 1 aromatic carbocycles. The van der Waals surface area contributed by atoms with Gasteiger partial charge in [0.25, 0.3) is 0 Å². The lowest BCUT2D eigenvalue weighted by Gasteiger charge is -2.12. The number of hydrogen-bond acceptors (Lipinski definition) is 4. The zero-order valence-electron chi connectivity index (χ0n) is 7.67. The molecule has 0 saturated heterocycles. The molecular weight excluding hydrogens is 166 g/mol. The summed E-state index contributed by atoms with van der Waals surface area (Å²) in [6, 6.07) is 5.71. The number of hydrazine groups is 1. The predicted octanol–water partition coefficient (Wildman–Crippen LogP) is 0.486. The van der Waals surface area contributed by atoms with Crippen LogP contribution in [0.1, 0.15) is 5.56 Å². The summed E-state index contributed by atoms with van der Waals surface area (Å²) in [7, 11) is 0. The summed E-state index contributed by atoms with van der Waals surface area (Å²) in [5, 5.41) is 8.55. The number of hydrogen-bond donors (Lipinski definition) is 4. The molecule has 1 aromatic rings. The van der Waals surface area contributed by atoms with E-state index in [0.29, 0.717) is 12.2 Å². The van der Waals surface area contributed by atoms with Gasteiger partial charge in [0.15, 0.2) is 0 Å². The van der Waals surface area contributed by atoms with E-state index in [1.54, 1.807) is 0 Å². The van der Waals surface area contributed by atoms with Crippen molar-refractivity contribution in [3.05, 3.63) is 23.8 Å². The Morgan fingerprint density at radius 3 is 2.85 bits per heavy atom. The lowest BCUT2D eigenvalue weighted by Crippen LogP contribution is -2.25. The van der Waals surface area contributed by atoms with Crippen LogP contribution in [-0.2, 0) is 0 Å². The fourth-order valence-electron chi connectivity index (χ4n) is 1.07. The summed E-state index contributed by atoms with van der Waals surface area (Å²) in [6.07, 6.45) is 0. The Bertz CT molecular complexity index is 255. The van der Waals surface area contributed by atoms with Gasteiger partial charge >= 0.3 is 0 Å². The average Bonchev–Trinajstić information content (AvgIpc) is 2.10. The minimum absolute atomic E-state index is 0.0960. The van der Waals surface area contributed by atoms with E-state index in [2.05, 4.69) is 10.9 Å². The van der Waals surface area contributed by atoms with Crippen LogP contribution in [0.2, 0.25) is 0 Å². The van der Waals surface area contributed by atoms with Gasteiger partial charge in [0.2, 0.25) is 0 Å². The fraction of sp³-hybridized carbons (Fsp3) is 0.333. The second-order valence-corrected chi connectivity index (χ2v) is 2.81. The largest absolute Gasteiger partial charge is 0.397 e. The third-order valence-corrected chi connectivity index (χ3v) is 1.76. The zero-order chi connectivity index (χ0) is 9.68. The van der Waals surface area contributed by atoms with Crippen molar-refractivity contribution < 1.29 is 5.11 Å². The number of aliphatic hydroxyl groups excluding tert-OH is 1. The normalized spacial score (nSPS) is 10.0. The quantitative estimate of drug-likeness (QED) is 0.310. The van der Waals surface area contributed by atoms with Gasteiger partial charge < -0.3 is 16.3 Å². The summed E-state index contributed by atoms with van der Waals surface area (Å²) in [6.45, 7) is 2.56. The first-order valence-electron chi connectivity index (χ1n) is 4.20. The van der Waals surface area contributed by atoms with Crippen molar-refractivity contribution in [2.24, 2.45) is 0 Å². The maximum atomic E-state index is 8.55. The van der Waals surface area contributed by atoms with E-state index in [9.17, 15) is 0 Å². The molecule has 0 aliphatic heterocycles. The topological polar surface area (TPSA) is 70.3 Å². The van der Waals surface area contributed by atoms with Crippen LogP contribution >= 0.6 is 0 Å². The summed E-state index contributed by atoms with van der Waals surface area (Å²) in [4.78, 5) is 0. The number of para-hydroxylation sites is 1. The lowest BCUT2D eigenvalue weighted by molar-refractivity contribution is 0.296. The van der Waals surface area contributed by atoms with Crippen molar-refractivity contribution in [2.45, 2.75) is 6.92 Å². The first-order chi connectivity index (χ1) is 6.25. The van der Waals surface area contributed by atoms with Gasteiger partial charge in [-0.15, -0.1) is 0 Å². The highest BCUT2D eigenvalue weighted by atomic mass is 16.3. The molecule has 0 atom stereocenters. The molecule has 0 amide bonds. The van der Waals surface area contributed by atoms with E-state index in [4.69, 9.17) is 10.8 Å². The summed E-state index contributed by atoms with van der Waals surface area (Å²) >= 11 is 0. The minimum Gasteiger partial charge on any atom is -0.397 e. The minimum atomic E-state index is 0.0960. The van der Waals surface area contributed by atoms with Crippen molar-refractivity contribution in [3.63, 3.8) is 0 Å². The van der Waals surface area contributed by atoms with Gasteiger partial charge in [-0.1, -0.05) is 12.1 Å². The highest BCUT2D eigenvalue weighted by molar-refractivity contribution is 5.69. The standard InChI is InChI=1S/C9H15N3O/c1-7-3-2-4-8(10)9(7)12-11-5-6-13/h2-4,11-13H,5-6,10H2,1H3. The smallest absolute Gasteiger partial charge is 0.0747 e. The monoisotopic (exact) mass is 181 g/mol. The number of benzene rings is 1. The van der Waals surface area contributed by atoms with E-state index >= 15 is 0 Å². The predicted molar refractivity (Wildman–Crippen MR) is 54.3 cm³/mol. The number of nitrogens with one attached hydrogen (secondary N) is 2. The Kier molecular flexibility index (Phi) is 3.54. The van der Waals surface area contributed by atoms with Crippen LogP contribution in [0.4, 0.5) is 11.4 Å². The third kappa shape index (κ3) is 2.61. The highest BCUT2D eigenvalue weighted by Gasteiger charge is 1.99.